The summed E-state index contributed by atoms with van der Waals surface area (Å²) in [4.78, 5) is 0. The Labute approximate surface area is 462 Å². The summed E-state index contributed by atoms with van der Waals surface area (Å²) in [5.41, 5.74) is 0. The fraction of sp³-hybridized carbons (Fsp3) is 1.00. The molecule has 0 saturated carbocycles. The SMILES string of the molecule is CCCCCCCCCCCCCCC(CCCCCCCCCCCCCC)CO[C@@H]1O[C@H](COS(=O)(=O)[O-])[C@H](OS(=O)(=O)[O-])[C@H](OS(=O)(=O)[O-])[C@H]1OS(=O)(=O)[O-].[Na+].[Na+].[Na+].[Na+]. The molecule has 1 saturated heterocycles. The zero-order chi connectivity index (χ0) is 43.5. The Balaban J connectivity index is -0.00000420. The van der Waals surface area contributed by atoms with Crippen LogP contribution in [0.4, 0.5) is 0 Å². The summed E-state index contributed by atoms with van der Waals surface area (Å²) in [5, 5.41) is 0. The molecular formula is C36H68Na4O18S4. The van der Waals surface area contributed by atoms with Crippen LogP contribution < -0.4 is 118 Å². The van der Waals surface area contributed by atoms with Crippen molar-refractivity contribution in [2.24, 2.45) is 5.92 Å². The molecule has 0 N–H and O–H groups in total. The third-order valence-corrected chi connectivity index (χ3v) is 11.9. The number of rotatable bonds is 38. The fourth-order valence-corrected chi connectivity index (χ4v) is 8.89. The molecule has 1 aliphatic heterocycles. The maximum absolute atomic E-state index is 11.8. The van der Waals surface area contributed by atoms with Crippen molar-refractivity contribution in [3.63, 3.8) is 0 Å². The van der Waals surface area contributed by atoms with E-state index in [-0.39, 0.29) is 131 Å². The molecule has 26 heteroatoms. The zero-order valence-corrected chi connectivity index (χ0v) is 49.5. The smallest absolute Gasteiger partial charge is 0.726 e. The van der Waals surface area contributed by atoms with E-state index in [1.807, 2.05) is 0 Å². The van der Waals surface area contributed by atoms with Crippen molar-refractivity contribution < 1.29 is 196 Å². The molecule has 1 aliphatic rings. The summed E-state index contributed by atoms with van der Waals surface area (Å²) >= 11 is 0. The van der Waals surface area contributed by atoms with Gasteiger partial charge in [0.2, 0.25) is 41.6 Å². The minimum atomic E-state index is -5.92. The maximum atomic E-state index is 11.8. The van der Waals surface area contributed by atoms with Crippen molar-refractivity contribution in [2.45, 2.75) is 211 Å². The molecule has 1 rings (SSSR count). The van der Waals surface area contributed by atoms with Gasteiger partial charge in [0.15, 0.2) is 12.4 Å². The Morgan fingerprint density at radius 3 is 1.06 bits per heavy atom. The molecule has 0 amide bonds. The van der Waals surface area contributed by atoms with Gasteiger partial charge in [-0.05, 0) is 18.8 Å². The van der Waals surface area contributed by atoms with Crippen LogP contribution in [0.2, 0.25) is 0 Å². The topological polar surface area (TPSA) is 284 Å². The molecule has 0 aliphatic carbocycles. The second kappa shape index (κ2) is 41.1. The Morgan fingerprint density at radius 1 is 0.435 bits per heavy atom. The summed E-state index contributed by atoms with van der Waals surface area (Å²) in [7, 11) is -23.1. The van der Waals surface area contributed by atoms with Crippen LogP contribution >= 0.6 is 0 Å². The molecule has 0 aromatic rings. The van der Waals surface area contributed by atoms with Gasteiger partial charge in [0.25, 0.3) is 0 Å². The van der Waals surface area contributed by atoms with Crippen molar-refractivity contribution in [1.29, 1.82) is 0 Å². The van der Waals surface area contributed by atoms with Crippen LogP contribution in [0.5, 0.6) is 0 Å². The monoisotopic (exact) mass is 1010 g/mol. The van der Waals surface area contributed by atoms with Gasteiger partial charge in [-0.3, -0.25) is 16.7 Å². The Bertz CT molecular complexity index is 1480. The maximum Gasteiger partial charge on any atom is 1.00 e. The van der Waals surface area contributed by atoms with Gasteiger partial charge in [-0.2, -0.15) is 0 Å². The van der Waals surface area contributed by atoms with E-state index >= 15 is 0 Å². The van der Waals surface area contributed by atoms with Crippen LogP contribution in [0.1, 0.15) is 181 Å². The van der Waals surface area contributed by atoms with E-state index in [1.165, 1.54) is 89.9 Å². The van der Waals surface area contributed by atoms with Gasteiger partial charge < -0.3 is 27.7 Å². The third-order valence-electron chi connectivity index (χ3n) is 10.1. The summed E-state index contributed by atoms with van der Waals surface area (Å²) in [6, 6.07) is 0. The normalized spacial score (nSPS) is 19.6. The van der Waals surface area contributed by atoms with Gasteiger partial charge >= 0.3 is 118 Å². The van der Waals surface area contributed by atoms with Crippen LogP contribution in [-0.4, -0.2) is 95.8 Å². The van der Waals surface area contributed by atoms with Crippen LogP contribution in [0.25, 0.3) is 0 Å². The molecule has 62 heavy (non-hydrogen) atoms. The van der Waals surface area contributed by atoms with E-state index in [1.54, 1.807) is 0 Å². The van der Waals surface area contributed by atoms with E-state index in [0.29, 0.717) is 12.8 Å². The van der Waals surface area contributed by atoms with Crippen molar-refractivity contribution in [3.8, 4) is 0 Å². The minimum absolute atomic E-state index is 0. The summed E-state index contributed by atoms with van der Waals surface area (Å²) in [5.74, 6) is -0.199. The Kier molecular flexibility index (Phi) is 47.6. The Morgan fingerprint density at radius 2 is 0.742 bits per heavy atom. The minimum Gasteiger partial charge on any atom is -0.726 e. The quantitative estimate of drug-likeness (QED) is 0.0241. The first-order valence-electron chi connectivity index (χ1n) is 21.0. The third kappa shape index (κ3) is 41.2. The van der Waals surface area contributed by atoms with Crippen molar-refractivity contribution >= 4 is 41.6 Å². The van der Waals surface area contributed by atoms with Gasteiger partial charge in [0, 0.05) is 0 Å². The molecule has 0 bridgehead atoms. The number of hydrogen-bond donors (Lipinski definition) is 0. The van der Waals surface area contributed by atoms with Crippen LogP contribution in [0, 0.1) is 5.92 Å². The molecule has 18 nitrogen and oxygen atoms in total. The average molecular weight is 1010 g/mol. The zero-order valence-electron chi connectivity index (χ0n) is 38.2. The molecule has 5 atom stereocenters. The van der Waals surface area contributed by atoms with E-state index in [9.17, 15) is 51.9 Å². The Hall–Kier alpha value is 3.40. The molecule has 0 aromatic carbocycles. The van der Waals surface area contributed by atoms with E-state index in [0.717, 1.165) is 64.2 Å². The van der Waals surface area contributed by atoms with Crippen LogP contribution in [0.3, 0.4) is 0 Å². The molecule has 1 heterocycles. The van der Waals surface area contributed by atoms with Crippen molar-refractivity contribution in [1.82, 2.24) is 0 Å². The van der Waals surface area contributed by atoms with Gasteiger partial charge in [-0.15, -0.1) is 0 Å². The second-order valence-electron chi connectivity index (χ2n) is 15.2. The largest absolute Gasteiger partial charge is 1.00 e. The number of ether oxygens (including phenoxy) is 2. The molecule has 0 unspecified atom stereocenters. The molecular weight excluding hydrogens is 941 g/mol. The van der Waals surface area contributed by atoms with E-state index in [2.05, 4.69) is 30.6 Å². The molecule has 1 fully saturated rings. The summed E-state index contributed by atoms with van der Waals surface area (Å²) in [6.45, 7) is 2.73. The van der Waals surface area contributed by atoms with Crippen molar-refractivity contribution in [3.05, 3.63) is 0 Å². The van der Waals surface area contributed by atoms with Gasteiger partial charge in [0.1, 0.15) is 18.3 Å². The van der Waals surface area contributed by atoms with Crippen LogP contribution in [0.15, 0.2) is 0 Å². The molecule has 0 aromatic heterocycles. The molecule has 0 radical (unpaired) electrons. The van der Waals surface area contributed by atoms with Gasteiger partial charge in [-0.1, -0.05) is 168 Å². The van der Waals surface area contributed by atoms with Gasteiger partial charge in [-0.25, -0.2) is 33.7 Å². The standard InChI is InChI=1S/C36H72O18S4.4Na/c1-3-5-7-9-11-13-15-17-19-21-23-25-27-31(28-26-24-22-20-18-16-14-12-10-8-6-4-2)29-49-36-35(54-58(46,47)48)34(53-57(43,44)45)33(52-56(40,41)42)32(51-36)30-50-55(37,38)39;;;;/h31-36H,3-30H2,1-2H3,(H,37,38,39)(H,40,41,42)(H,43,44,45)(H,46,47,48);;;;/q;4*+1/p-4/t32-,33+,34+,35-,36-;;;;/m1..../s1. The van der Waals surface area contributed by atoms with Gasteiger partial charge in [0.05, 0.1) is 13.2 Å². The first kappa shape index (κ1) is 71.9. The van der Waals surface area contributed by atoms with Crippen LogP contribution in [-0.2, 0) is 67.8 Å². The van der Waals surface area contributed by atoms with E-state index < -0.39 is 78.9 Å². The summed E-state index contributed by atoms with van der Waals surface area (Å²) < 4.78 is 167. The number of hydrogen-bond acceptors (Lipinski definition) is 18. The molecule has 348 valence electrons. The first-order chi connectivity index (χ1) is 27.2. The fourth-order valence-electron chi connectivity index (χ4n) is 7.12. The first-order valence-corrected chi connectivity index (χ1v) is 26.4. The second-order valence-corrected chi connectivity index (χ2v) is 19.3. The van der Waals surface area contributed by atoms with Crippen molar-refractivity contribution in [2.75, 3.05) is 13.2 Å². The average Bonchev–Trinajstić information content (AvgIpc) is 3.10. The predicted octanol–water partition coefficient (Wildman–Crippen LogP) is -5.44. The van der Waals surface area contributed by atoms with E-state index in [4.69, 9.17) is 9.47 Å². The number of unbranched alkanes of at least 4 members (excludes halogenated alkanes) is 22. The molecule has 0 spiro atoms. The summed E-state index contributed by atoms with van der Waals surface area (Å²) in [6.07, 6.45) is 16.2. The predicted molar refractivity (Wildman–Crippen MR) is 209 cm³/mol.